The number of para-hydroxylation sites is 1. The van der Waals surface area contributed by atoms with Gasteiger partial charge in [0.05, 0.1) is 0 Å². The van der Waals surface area contributed by atoms with Crippen molar-refractivity contribution in [2.75, 3.05) is 11.9 Å². The highest BCUT2D eigenvalue weighted by Crippen LogP contribution is 2.19. The number of anilines is 1. The number of nitrogens with one attached hydrogen (secondary N) is 1. The van der Waals surface area contributed by atoms with Crippen LogP contribution < -0.4 is 11.1 Å². The number of rotatable bonds is 4. The quantitative estimate of drug-likeness (QED) is 0.484. The van der Waals surface area contributed by atoms with E-state index in [-0.39, 0.29) is 0 Å². The van der Waals surface area contributed by atoms with E-state index in [0.29, 0.717) is 5.96 Å². The molecule has 3 heteroatoms. The Morgan fingerprint density at radius 2 is 2.06 bits per heavy atom. The third-order valence-corrected chi connectivity index (χ3v) is 3.15. The van der Waals surface area contributed by atoms with E-state index in [4.69, 9.17) is 5.73 Å². The summed E-state index contributed by atoms with van der Waals surface area (Å²) in [6.07, 6.45) is 8.53. The number of hydrogen-bond donors (Lipinski definition) is 2. The lowest BCUT2D eigenvalue weighted by atomic mass is 9.97. The van der Waals surface area contributed by atoms with Crippen molar-refractivity contribution in [1.82, 2.24) is 0 Å². The smallest absolute Gasteiger partial charge is 0.193 e. The molecule has 96 valence electrons. The summed E-state index contributed by atoms with van der Waals surface area (Å²) >= 11 is 0. The van der Waals surface area contributed by atoms with Gasteiger partial charge in [-0.1, -0.05) is 29.8 Å². The molecule has 0 saturated heterocycles. The molecule has 0 bridgehead atoms. The lowest BCUT2D eigenvalue weighted by molar-refractivity contribution is 0.676. The first kappa shape index (κ1) is 12.7. The van der Waals surface area contributed by atoms with Crippen molar-refractivity contribution in [2.45, 2.75) is 32.1 Å². The van der Waals surface area contributed by atoms with Gasteiger partial charge < -0.3 is 11.1 Å². The van der Waals surface area contributed by atoms with Gasteiger partial charge in [0.15, 0.2) is 5.96 Å². The molecule has 1 aromatic carbocycles. The van der Waals surface area contributed by atoms with Gasteiger partial charge in [-0.25, -0.2) is 0 Å². The molecule has 1 aliphatic carbocycles. The van der Waals surface area contributed by atoms with Gasteiger partial charge >= 0.3 is 0 Å². The lowest BCUT2D eigenvalue weighted by Crippen LogP contribution is -2.22. The molecule has 0 amide bonds. The predicted molar refractivity (Wildman–Crippen MR) is 77.7 cm³/mol. The van der Waals surface area contributed by atoms with Crippen LogP contribution in [0, 0.1) is 0 Å². The number of aliphatic imine (C=N–C) groups is 1. The molecular formula is C15H21N3. The Labute approximate surface area is 109 Å². The summed E-state index contributed by atoms with van der Waals surface area (Å²) in [5.41, 5.74) is 8.36. The number of benzene rings is 1. The Kier molecular flexibility index (Phi) is 4.82. The molecule has 0 spiro atoms. The largest absolute Gasteiger partial charge is 0.370 e. The summed E-state index contributed by atoms with van der Waals surface area (Å²) in [7, 11) is 0. The van der Waals surface area contributed by atoms with Crippen molar-refractivity contribution in [3.63, 3.8) is 0 Å². The van der Waals surface area contributed by atoms with E-state index in [1.165, 1.54) is 31.3 Å². The molecule has 0 unspecified atom stereocenters. The maximum Gasteiger partial charge on any atom is 0.193 e. The van der Waals surface area contributed by atoms with Crippen LogP contribution in [0.4, 0.5) is 5.69 Å². The summed E-state index contributed by atoms with van der Waals surface area (Å²) in [5, 5.41) is 3.09. The Bertz CT molecular complexity index is 421. The van der Waals surface area contributed by atoms with Gasteiger partial charge in [-0.3, -0.25) is 4.99 Å². The minimum atomic E-state index is 0.498. The van der Waals surface area contributed by atoms with Crippen LogP contribution >= 0.6 is 0 Å². The topological polar surface area (TPSA) is 50.4 Å². The van der Waals surface area contributed by atoms with Crippen LogP contribution in [0.25, 0.3) is 0 Å². The third-order valence-electron chi connectivity index (χ3n) is 3.15. The fourth-order valence-electron chi connectivity index (χ4n) is 2.16. The van der Waals surface area contributed by atoms with Crippen molar-refractivity contribution in [2.24, 2.45) is 10.7 Å². The van der Waals surface area contributed by atoms with Gasteiger partial charge in [-0.2, -0.15) is 0 Å². The Balaban J connectivity index is 1.77. The van der Waals surface area contributed by atoms with E-state index in [1.54, 1.807) is 0 Å². The van der Waals surface area contributed by atoms with Gasteiger partial charge in [0.1, 0.15) is 0 Å². The molecule has 2 rings (SSSR count). The van der Waals surface area contributed by atoms with Gasteiger partial charge in [-0.05, 0) is 44.2 Å². The highest BCUT2D eigenvalue weighted by molar-refractivity contribution is 5.92. The molecule has 0 saturated carbocycles. The second kappa shape index (κ2) is 6.84. The SMILES string of the molecule is NC(=NCCC1=CCCCC1)Nc1ccccc1. The molecule has 0 radical (unpaired) electrons. The van der Waals surface area contributed by atoms with E-state index < -0.39 is 0 Å². The lowest BCUT2D eigenvalue weighted by Gasteiger charge is -2.11. The van der Waals surface area contributed by atoms with Crippen LogP contribution in [-0.2, 0) is 0 Å². The van der Waals surface area contributed by atoms with Gasteiger partial charge in [0.2, 0.25) is 0 Å². The van der Waals surface area contributed by atoms with E-state index in [0.717, 1.165) is 18.7 Å². The number of nitrogens with zero attached hydrogens (tertiary/aromatic N) is 1. The zero-order valence-electron chi connectivity index (χ0n) is 10.7. The Morgan fingerprint density at radius 1 is 1.22 bits per heavy atom. The first-order valence-electron chi connectivity index (χ1n) is 6.64. The summed E-state index contributed by atoms with van der Waals surface area (Å²) in [4.78, 5) is 4.36. The van der Waals surface area contributed by atoms with Gasteiger partial charge in [0.25, 0.3) is 0 Å². The zero-order valence-corrected chi connectivity index (χ0v) is 10.7. The molecule has 0 fully saturated rings. The normalized spacial score (nSPS) is 16.2. The highest BCUT2D eigenvalue weighted by atomic mass is 15.1. The second-order valence-electron chi connectivity index (χ2n) is 4.62. The highest BCUT2D eigenvalue weighted by Gasteiger charge is 2.02. The van der Waals surface area contributed by atoms with Crippen LogP contribution in [0.15, 0.2) is 47.0 Å². The van der Waals surface area contributed by atoms with E-state index in [9.17, 15) is 0 Å². The molecule has 0 aromatic heterocycles. The second-order valence-corrected chi connectivity index (χ2v) is 4.62. The maximum atomic E-state index is 5.84. The van der Waals surface area contributed by atoms with Crippen LogP contribution in [-0.4, -0.2) is 12.5 Å². The average molecular weight is 243 g/mol. The van der Waals surface area contributed by atoms with E-state index in [1.807, 2.05) is 30.3 Å². The molecule has 18 heavy (non-hydrogen) atoms. The monoisotopic (exact) mass is 243 g/mol. The third kappa shape index (κ3) is 4.24. The van der Waals surface area contributed by atoms with Crippen molar-refractivity contribution < 1.29 is 0 Å². The van der Waals surface area contributed by atoms with E-state index in [2.05, 4.69) is 16.4 Å². The number of guanidine groups is 1. The fourth-order valence-corrected chi connectivity index (χ4v) is 2.16. The minimum Gasteiger partial charge on any atom is -0.370 e. The van der Waals surface area contributed by atoms with Crippen LogP contribution in [0.2, 0.25) is 0 Å². The van der Waals surface area contributed by atoms with Crippen molar-refractivity contribution in [3.05, 3.63) is 42.0 Å². The number of hydrogen-bond acceptors (Lipinski definition) is 1. The molecular weight excluding hydrogens is 222 g/mol. The molecule has 0 aliphatic heterocycles. The maximum absolute atomic E-state index is 5.84. The van der Waals surface area contributed by atoms with Gasteiger partial charge in [-0.15, -0.1) is 0 Å². The van der Waals surface area contributed by atoms with Crippen molar-refractivity contribution in [3.8, 4) is 0 Å². The molecule has 0 atom stereocenters. The molecule has 1 aliphatic rings. The van der Waals surface area contributed by atoms with Crippen LogP contribution in [0.5, 0.6) is 0 Å². The molecule has 1 aromatic rings. The van der Waals surface area contributed by atoms with Crippen LogP contribution in [0.3, 0.4) is 0 Å². The van der Waals surface area contributed by atoms with Gasteiger partial charge in [0, 0.05) is 12.2 Å². The van der Waals surface area contributed by atoms with Crippen molar-refractivity contribution in [1.29, 1.82) is 0 Å². The molecule has 3 nitrogen and oxygen atoms in total. The number of allylic oxidation sites excluding steroid dienone is 1. The average Bonchev–Trinajstić information content (AvgIpc) is 2.41. The predicted octanol–water partition coefficient (Wildman–Crippen LogP) is 3.30. The van der Waals surface area contributed by atoms with Crippen molar-refractivity contribution >= 4 is 11.6 Å². The molecule has 0 heterocycles. The Hall–Kier alpha value is -1.77. The summed E-state index contributed by atoms with van der Waals surface area (Å²) in [6.45, 7) is 0.775. The minimum absolute atomic E-state index is 0.498. The summed E-state index contributed by atoms with van der Waals surface area (Å²) in [5.74, 6) is 0.498. The summed E-state index contributed by atoms with van der Waals surface area (Å²) < 4.78 is 0. The first-order valence-corrected chi connectivity index (χ1v) is 6.64. The zero-order chi connectivity index (χ0) is 12.6. The standard InChI is InChI=1S/C15H21N3/c16-15(18-14-9-5-2-6-10-14)17-12-11-13-7-3-1-4-8-13/h2,5-7,9-10H,1,3-4,8,11-12H2,(H3,16,17,18). The van der Waals surface area contributed by atoms with Crippen LogP contribution in [0.1, 0.15) is 32.1 Å². The Morgan fingerprint density at radius 3 is 2.78 bits per heavy atom. The van der Waals surface area contributed by atoms with E-state index >= 15 is 0 Å². The number of nitrogens with two attached hydrogens (primary N) is 1. The fraction of sp³-hybridized carbons (Fsp3) is 0.400. The first-order chi connectivity index (χ1) is 8.84. The molecule has 3 N–H and O–H groups in total. The summed E-state index contributed by atoms with van der Waals surface area (Å²) in [6, 6.07) is 9.89.